The van der Waals surface area contributed by atoms with Gasteiger partial charge in [0, 0.05) is 16.1 Å². The second kappa shape index (κ2) is 6.04. The number of benzene rings is 1. The number of hydrogen-bond donors (Lipinski definition) is 1. The second-order valence-electron chi connectivity index (χ2n) is 5.05. The molecule has 0 bridgehead atoms. The van der Waals surface area contributed by atoms with Crippen molar-refractivity contribution in [1.82, 2.24) is 10.2 Å². The van der Waals surface area contributed by atoms with Crippen molar-refractivity contribution in [3.8, 4) is 5.75 Å². The Hall–Kier alpha value is -0.580. The SMILES string of the molecule is COc1ccc(Br)cc1C(C1CCNC1)N(C)C. The van der Waals surface area contributed by atoms with Gasteiger partial charge in [0.2, 0.25) is 0 Å². The molecule has 2 unspecified atom stereocenters. The highest BCUT2D eigenvalue weighted by atomic mass is 79.9. The zero-order chi connectivity index (χ0) is 13.1. The highest BCUT2D eigenvalue weighted by molar-refractivity contribution is 9.10. The summed E-state index contributed by atoms with van der Waals surface area (Å²) in [4.78, 5) is 2.29. The Morgan fingerprint density at radius 3 is 2.78 bits per heavy atom. The van der Waals surface area contributed by atoms with Gasteiger partial charge in [-0.05, 0) is 57.7 Å². The fourth-order valence-corrected chi connectivity index (χ4v) is 3.22. The van der Waals surface area contributed by atoms with Crippen LogP contribution in [0, 0.1) is 5.92 Å². The van der Waals surface area contributed by atoms with Gasteiger partial charge in [-0.15, -0.1) is 0 Å². The molecule has 4 heteroatoms. The summed E-state index contributed by atoms with van der Waals surface area (Å²) < 4.78 is 6.63. The molecule has 1 heterocycles. The summed E-state index contributed by atoms with van der Waals surface area (Å²) in [5, 5.41) is 3.45. The third kappa shape index (κ3) is 2.87. The highest BCUT2D eigenvalue weighted by Gasteiger charge is 2.30. The van der Waals surface area contributed by atoms with Crippen molar-refractivity contribution in [1.29, 1.82) is 0 Å². The fourth-order valence-electron chi connectivity index (χ4n) is 2.84. The van der Waals surface area contributed by atoms with Gasteiger partial charge in [-0.1, -0.05) is 15.9 Å². The highest BCUT2D eigenvalue weighted by Crippen LogP contribution is 2.37. The Labute approximate surface area is 118 Å². The lowest BCUT2D eigenvalue weighted by atomic mass is 9.91. The van der Waals surface area contributed by atoms with Gasteiger partial charge in [-0.25, -0.2) is 0 Å². The van der Waals surface area contributed by atoms with E-state index in [0.29, 0.717) is 12.0 Å². The fraction of sp³-hybridized carbons (Fsp3) is 0.571. The number of methoxy groups -OCH3 is 1. The van der Waals surface area contributed by atoms with E-state index in [9.17, 15) is 0 Å². The lowest BCUT2D eigenvalue weighted by Gasteiger charge is -2.31. The maximum absolute atomic E-state index is 5.52. The van der Waals surface area contributed by atoms with E-state index in [-0.39, 0.29) is 0 Å². The first-order valence-corrected chi connectivity index (χ1v) is 7.13. The van der Waals surface area contributed by atoms with Crippen LogP contribution in [0.25, 0.3) is 0 Å². The minimum Gasteiger partial charge on any atom is -0.496 e. The Kier molecular flexibility index (Phi) is 4.65. The van der Waals surface area contributed by atoms with E-state index in [0.717, 1.165) is 23.3 Å². The second-order valence-corrected chi connectivity index (χ2v) is 5.96. The lowest BCUT2D eigenvalue weighted by molar-refractivity contribution is 0.217. The first-order chi connectivity index (χ1) is 8.63. The zero-order valence-corrected chi connectivity index (χ0v) is 12.8. The summed E-state index contributed by atoms with van der Waals surface area (Å²) >= 11 is 3.56. The molecule has 2 atom stereocenters. The van der Waals surface area contributed by atoms with Crippen molar-refractivity contribution in [2.45, 2.75) is 12.5 Å². The largest absolute Gasteiger partial charge is 0.496 e. The van der Waals surface area contributed by atoms with Gasteiger partial charge in [-0.3, -0.25) is 0 Å². The first-order valence-electron chi connectivity index (χ1n) is 6.34. The van der Waals surface area contributed by atoms with E-state index >= 15 is 0 Å². The van der Waals surface area contributed by atoms with Crippen LogP contribution in [0.1, 0.15) is 18.0 Å². The molecule has 100 valence electrons. The van der Waals surface area contributed by atoms with E-state index in [2.05, 4.69) is 46.3 Å². The zero-order valence-electron chi connectivity index (χ0n) is 11.2. The molecule has 1 N–H and O–H groups in total. The van der Waals surface area contributed by atoms with Crippen molar-refractivity contribution in [2.75, 3.05) is 34.3 Å². The molecule has 0 aromatic heterocycles. The maximum atomic E-state index is 5.52. The third-order valence-corrected chi connectivity index (χ3v) is 4.10. The summed E-state index contributed by atoms with van der Waals surface area (Å²) in [6.45, 7) is 2.20. The van der Waals surface area contributed by atoms with Crippen LogP contribution >= 0.6 is 15.9 Å². The molecular weight excluding hydrogens is 292 g/mol. The molecular formula is C14H21BrN2O. The molecule has 1 aliphatic heterocycles. The summed E-state index contributed by atoms with van der Waals surface area (Å²) in [6.07, 6.45) is 1.22. The van der Waals surface area contributed by atoms with Gasteiger partial charge < -0.3 is 15.0 Å². The average molecular weight is 313 g/mol. The quantitative estimate of drug-likeness (QED) is 0.925. The van der Waals surface area contributed by atoms with Crippen molar-refractivity contribution >= 4 is 15.9 Å². The predicted molar refractivity (Wildman–Crippen MR) is 78.1 cm³/mol. The van der Waals surface area contributed by atoms with Gasteiger partial charge in [0.15, 0.2) is 0 Å². The Morgan fingerprint density at radius 1 is 1.44 bits per heavy atom. The van der Waals surface area contributed by atoms with Crippen LogP contribution < -0.4 is 10.1 Å². The molecule has 1 saturated heterocycles. The van der Waals surface area contributed by atoms with Crippen LogP contribution in [0.2, 0.25) is 0 Å². The summed E-state index contributed by atoms with van der Waals surface area (Å²) in [6, 6.07) is 6.65. The van der Waals surface area contributed by atoms with Crippen LogP contribution in [0.4, 0.5) is 0 Å². The molecule has 18 heavy (non-hydrogen) atoms. The van der Waals surface area contributed by atoms with Gasteiger partial charge in [0.1, 0.15) is 5.75 Å². The molecule has 0 aliphatic carbocycles. The Balaban J connectivity index is 2.37. The monoisotopic (exact) mass is 312 g/mol. The maximum Gasteiger partial charge on any atom is 0.123 e. The molecule has 0 saturated carbocycles. The number of rotatable bonds is 4. The minimum atomic E-state index is 0.396. The molecule has 3 nitrogen and oxygen atoms in total. The van der Waals surface area contributed by atoms with Crippen LogP contribution in [-0.2, 0) is 0 Å². The normalized spacial score (nSPS) is 21.3. The standard InChI is InChI=1S/C14H21BrN2O/c1-17(2)14(10-6-7-16-9-10)12-8-11(15)4-5-13(12)18-3/h4-5,8,10,14,16H,6-7,9H2,1-3H3. The molecule has 1 aliphatic rings. The van der Waals surface area contributed by atoms with Gasteiger partial charge in [0.25, 0.3) is 0 Å². The smallest absolute Gasteiger partial charge is 0.123 e. The van der Waals surface area contributed by atoms with Gasteiger partial charge >= 0.3 is 0 Å². The van der Waals surface area contributed by atoms with Crippen molar-refractivity contribution in [2.24, 2.45) is 5.92 Å². The third-order valence-electron chi connectivity index (χ3n) is 3.61. The summed E-state index contributed by atoms with van der Waals surface area (Å²) in [5.74, 6) is 1.62. The Morgan fingerprint density at radius 2 is 2.22 bits per heavy atom. The predicted octanol–water partition coefficient (Wildman–Crippen LogP) is 2.67. The number of ether oxygens (including phenoxy) is 1. The van der Waals surface area contributed by atoms with E-state index in [1.807, 2.05) is 12.1 Å². The Bertz CT molecular complexity index is 403. The topological polar surface area (TPSA) is 24.5 Å². The molecule has 1 fully saturated rings. The molecule has 1 aromatic rings. The number of halogens is 1. The molecule has 1 aromatic carbocycles. The molecule has 0 radical (unpaired) electrons. The van der Waals surface area contributed by atoms with Crippen LogP contribution in [0.3, 0.4) is 0 Å². The van der Waals surface area contributed by atoms with Crippen molar-refractivity contribution in [3.63, 3.8) is 0 Å². The lowest BCUT2D eigenvalue weighted by Crippen LogP contribution is -2.29. The van der Waals surface area contributed by atoms with E-state index in [1.54, 1.807) is 7.11 Å². The van der Waals surface area contributed by atoms with Crippen LogP contribution in [0.15, 0.2) is 22.7 Å². The van der Waals surface area contributed by atoms with Crippen molar-refractivity contribution in [3.05, 3.63) is 28.2 Å². The number of nitrogens with one attached hydrogen (secondary N) is 1. The first kappa shape index (κ1) is 13.8. The molecule has 2 rings (SSSR count). The number of hydrogen-bond acceptors (Lipinski definition) is 3. The number of nitrogens with zero attached hydrogens (tertiary/aromatic N) is 1. The van der Waals surface area contributed by atoms with E-state index in [1.165, 1.54) is 12.0 Å². The molecule has 0 spiro atoms. The average Bonchev–Trinajstić information content (AvgIpc) is 2.83. The minimum absolute atomic E-state index is 0.396. The van der Waals surface area contributed by atoms with E-state index < -0.39 is 0 Å². The van der Waals surface area contributed by atoms with E-state index in [4.69, 9.17) is 4.74 Å². The van der Waals surface area contributed by atoms with Crippen molar-refractivity contribution < 1.29 is 4.74 Å². The van der Waals surface area contributed by atoms with Gasteiger partial charge in [-0.2, -0.15) is 0 Å². The summed E-state index contributed by atoms with van der Waals surface area (Å²) in [7, 11) is 6.03. The van der Waals surface area contributed by atoms with Crippen LogP contribution in [0.5, 0.6) is 5.75 Å². The van der Waals surface area contributed by atoms with Crippen LogP contribution in [-0.4, -0.2) is 39.2 Å². The van der Waals surface area contributed by atoms with Gasteiger partial charge in [0.05, 0.1) is 7.11 Å². The molecule has 0 amide bonds. The summed E-state index contributed by atoms with van der Waals surface area (Å²) in [5.41, 5.74) is 1.27.